The Balaban J connectivity index is 1.08. The Morgan fingerprint density at radius 1 is 0.352 bits per heavy atom. The van der Waals surface area contributed by atoms with Gasteiger partial charge >= 0.3 is 0 Å². The summed E-state index contributed by atoms with van der Waals surface area (Å²) in [5.74, 6) is 0. The first-order valence-electron chi connectivity index (χ1n) is 18.4. The van der Waals surface area contributed by atoms with E-state index in [0.29, 0.717) is 0 Å². The number of hydrogen-bond acceptors (Lipinski definition) is 2. The van der Waals surface area contributed by atoms with Crippen LogP contribution in [0.25, 0.3) is 110 Å². The van der Waals surface area contributed by atoms with E-state index in [1.165, 1.54) is 88.1 Å². The van der Waals surface area contributed by atoms with Gasteiger partial charge in [-0.25, -0.2) is 0 Å². The van der Waals surface area contributed by atoms with E-state index in [9.17, 15) is 0 Å². The normalized spacial score (nSPS) is 12.1. The van der Waals surface area contributed by atoms with Crippen molar-refractivity contribution >= 4 is 54.4 Å². The van der Waals surface area contributed by atoms with E-state index in [0.717, 1.165) is 22.3 Å². The average Bonchev–Trinajstić information content (AvgIpc) is 3.87. The van der Waals surface area contributed by atoms with Crippen molar-refractivity contribution in [2.75, 3.05) is 0 Å². The number of rotatable bonds is 4. The molecule has 0 saturated carbocycles. The quantitative estimate of drug-likeness (QED) is 0.185. The molecule has 54 heavy (non-hydrogen) atoms. The molecule has 0 bridgehead atoms. The van der Waals surface area contributed by atoms with Gasteiger partial charge in [0.2, 0.25) is 0 Å². The summed E-state index contributed by atoms with van der Waals surface area (Å²) in [7, 11) is 0. The minimum Gasteiger partial charge on any atom is -0.309 e. The molecule has 0 amide bonds. The number of nitrogens with zero attached hydrogens (tertiary/aromatic N) is 4. The lowest BCUT2D eigenvalue weighted by Crippen LogP contribution is -1.93. The van der Waals surface area contributed by atoms with Crippen LogP contribution < -0.4 is 0 Å². The zero-order chi connectivity index (χ0) is 35.3. The number of aromatic nitrogens is 4. The van der Waals surface area contributed by atoms with Crippen LogP contribution in [0.3, 0.4) is 0 Å². The Kier molecular flexibility index (Phi) is 6.02. The van der Waals surface area contributed by atoms with Crippen LogP contribution in [0.2, 0.25) is 0 Å². The van der Waals surface area contributed by atoms with Crippen LogP contribution in [0.15, 0.2) is 182 Å². The maximum Gasteiger partial charge on any atom is 0.0781 e. The van der Waals surface area contributed by atoms with Gasteiger partial charge in [-0.1, -0.05) is 91.0 Å². The van der Waals surface area contributed by atoms with Crippen molar-refractivity contribution in [1.29, 1.82) is 0 Å². The van der Waals surface area contributed by atoms with Gasteiger partial charge in [0.15, 0.2) is 0 Å². The third-order valence-corrected chi connectivity index (χ3v) is 11.4. The number of pyridine rings is 2. The van der Waals surface area contributed by atoms with Crippen LogP contribution in [0.5, 0.6) is 0 Å². The van der Waals surface area contributed by atoms with E-state index in [1.807, 2.05) is 18.6 Å². The van der Waals surface area contributed by atoms with Gasteiger partial charge in [-0.2, -0.15) is 0 Å². The summed E-state index contributed by atoms with van der Waals surface area (Å²) in [6.07, 6.45) is 5.90. The van der Waals surface area contributed by atoms with E-state index < -0.39 is 0 Å². The highest BCUT2D eigenvalue weighted by Gasteiger charge is 2.24. The van der Waals surface area contributed by atoms with E-state index >= 15 is 0 Å². The standard InChI is InChI=1S/C50H30N4/c1-3-10-34(11-4-1)53-45-17-8-7-14-37(45)40-26-31(18-21-46(40)53)32-19-22-47-41(27-32)42-28-33(20-23-48(42)54(47)35-12-5-2-6-13-35)50-39-16-9-15-38-43-29-51-25-24-36(43)44(30-52-50)49(38)39/h1-30H. The Labute approximate surface area is 310 Å². The maximum absolute atomic E-state index is 5.15. The maximum atomic E-state index is 5.15. The second-order valence-electron chi connectivity index (χ2n) is 14.2. The third kappa shape index (κ3) is 4.08. The molecule has 0 radical (unpaired) electrons. The molecule has 0 atom stereocenters. The van der Waals surface area contributed by atoms with Crippen molar-refractivity contribution in [2.24, 2.45) is 0 Å². The van der Waals surface area contributed by atoms with Gasteiger partial charge in [0.25, 0.3) is 0 Å². The molecule has 0 aliphatic heterocycles. The SMILES string of the molecule is c1ccc(-n2c3ccccc3c3cc(-c4ccc5c(c4)c4cc(-c6ncc7c8c(cccc68)-c6cnccc6-7)ccc4n5-c4ccccc4)ccc32)cc1. The van der Waals surface area contributed by atoms with Crippen LogP contribution in [-0.4, -0.2) is 19.1 Å². The van der Waals surface area contributed by atoms with Crippen molar-refractivity contribution in [3.63, 3.8) is 0 Å². The molecule has 0 saturated heterocycles. The Hall–Kier alpha value is -7.30. The second-order valence-corrected chi connectivity index (χ2v) is 14.2. The lowest BCUT2D eigenvalue weighted by molar-refractivity contribution is 1.18. The fourth-order valence-corrected chi connectivity index (χ4v) is 9.02. The fraction of sp³-hybridized carbons (Fsp3) is 0. The van der Waals surface area contributed by atoms with Gasteiger partial charge in [-0.05, 0) is 95.1 Å². The number of para-hydroxylation sites is 3. The fourth-order valence-electron chi connectivity index (χ4n) is 9.02. The highest BCUT2D eigenvalue weighted by atomic mass is 15.0. The smallest absolute Gasteiger partial charge is 0.0781 e. The van der Waals surface area contributed by atoms with Gasteiger partial charge in [0.1, 0.15) is 0 Å². The second kappa shape index (κ2) is 11.1. The molecule has 0 N–H and O–H groups in total. The molecule has 4 heterocycles. The lowest BCUT2D eigenvalue weighted by Gasteiger charge is -2.10. The minimum absolute atomic E-state index is 0.996. The molecule has 0 unspecified atom stereocenters. The summed E-state index contributed by atoms with van der Waals surface area (Å²) >= 11 is 0. The third-order valence-electron chi connectivity index (χ3n) is 11.4. The summed E-state index contributed by atoms with van der Waals surface area (Å²) in [5, 5.41) is 7.33. The number of benzene rings is 7. The van der Waals surface area contributed by atoms with Crippen molar-refractivity contribution in [2.45, 2.75) is 0 Å². The van der Waals surface area contributed by atoms with Crippen LogP contribution in [0, 0.1) is 0 Å². The van der Waals surface area contributed by atoms with Gasteiger partial charge in [-0.15, -0.1) is 0 Å². The van der Waals surface area contributed by atoms with Crippen LogP contribution in [-0.2, 0) is 0 Å². The lowest BCUT2D eigenvalue weighted by atomic mass is 9.97. The van der Waals surface area contributed by atoms with E-state index in [-0.39, 0.29) is 0 Å². The largest absolute Gasteiger partial charge is 0.309 e. The monoisotopic (exact) mass is 686 g/mol. The molecule has 1 aliphatic rings. The van der Waals surface area contributed by atoms with Gasteiger partial charge in [0, 0.05) is 79.0 Å². The summed E-state index contributed by atoms with van der Waals surface area (Å²) in [6.45, 7) is 0. The van der Waals surface area contributed by atoms with Crippen molar-refractivity contribution in [3.05, 3.63) is 182 Å². The molecule has 4 aromatic heterocycles. The molecule has 0 fully saturated rings. The molecule has 0 spiro atoms. The summed E-state index contributed by atoms with van der Waals surface area (Å²) in [4.78, 5) is 9.59. The first kappa shape index (κ1) is 29.3. The molecular weight excluding hydrogens is 657 g/mol. The van der Waals surface area contributed by atoms with Gasteiger partial charge in [0.05, 0.1) is 27.8 Å². The summed E-state index contributed by atoms with van der Waals surface area (Å²) < 4.78 is 4.76. The molecule has 11 aromatic rings. The Morgan fingerprint density at radius 2 is 0.907 bits per heavy atom. The van der Waals surface area contributed by atoms with Gasteiger partial charge in [-0.3, -0.25) is 9.97 Å². The number of hydrogen-bond donors (Lipinski definition) is 0. The highest BCUT2D eigenvalue weighted by molar-refractivity contribution is 6.19. The number of fused-ring (bicyclic) bond motifs is 9. The summed E-state index contributed by atoms with van der Waals surface area (Å²) in [6, 6.07) is 59.4. The highest BCUT2D eigenvalue weighted by Crippen LogP contribution is 2.48. The minimum atomic E-state index is 0.996. The van der Waals surface area contributed by atoms with E-state index in [4.69, 9.17) is 4.98 Å². The molecular formula is C50H30N4. The van der Waals surface area contributed by atoms with Crippen LogP contribution in [0.4, 0.5) is 0 Å². The van der Waals surface area contributed by atoms with Crippen molar-refractivity contribution < 1.29 is 0 Å². The zero-order valence-electron chi connectivity index (χ0n) is 29.1. The van der Waals surface area contributed by atoms with Crippen LogP contribution >= 0.6 is 0 Å². The molecule has 4 nitrogen and oxygen atoms in total. The first-order valence-corrected chi connectivity index (χ1v) is 18.4. The Morgan fingerprint density at radius 3 is 1.59 bits per heavy atom. The van der Waals surface area contributed by atoms with E-state index in [2.05, 4.69) is 178 Å². The molecule has 4 heteroatoms. The van der Waals surface area contributed by atoms with E-state index in [1.54, 1.807) is 0 Å². The molecule has 1 aliphatic carbocycles. The topological polar surface area (TPSA) is 35.6 Å². The molecule has 7 aromatic carbocycles. The van der Waals surface area contributed by atoms with Gasteiger partial charge < -0.3 is 9.13 Å². The molecule has 250 valence electrons. The molecule has 12 rings (SSSR count). The Bertz CT molecular complexity index is 3290. The predicted octanol–water partition coefficient (Wildman–Crippen LogP) is 12.8. The predicted molar refractivity (Wildman–Crippen MR) is 224 cm³/mol. The average molecular weight is 687 g/mol. The summed E-state index contributed by atoms with van der Waals surface area (Å²) in [5.41, 5.74) is 16.3. The first-order chi connectivity index (χ1) is 26.8. The van der Waals surface area contributed by atoms with Crippen molar-refractivity contribution in [3.8, 4) is 56.0 Å². The van der Waals surface area contributed by atoms with Crippen LogP contribution in [0.1, 0.15) is 0 Å². The zero-order valence-corrected chi connectivity index (χ0v) is 29.1. The van der Waals surface area contributed by atoms with Crippen molar-refractivity contribution in [1.82, 2.24) is 19.1 Å².